The van der Waals surface area contributed by atoms with Crippen LogP contribution in [0.3, 0.4) is 0 Å². The van der Waals surface area contributed by atoms with Crippen molar-refractivity contribution in [2.45, 2.75) is 25.9 Å². The predicted octanol–water partition coefficient (Wildman–Crippen LogP) is 2.83. The second-order valence-electron chi connectivity index (χ2n) is 4.14. The number of ether oxygens (including phenoxy) is 1. The Bertz CT molecular complexity index is 381. The lowest BCUT2D eigenvalue weighted by molar-refractivity contribution is -0.141. The molecule has 0 saturated carbocycles. The van der Waals surface area contributed by atoms with Gasteiger partial charge in [0, 0.05) is 17.1 Å². The fraction of sp³-hybridized carbons (Fsp3) is 0.462. The van der Waals surface area contributed by atoms with Crippen LogP contribution in [0, 0.1) is 0 Å². The minimum absolute atomic E-state index is 0.162. The molecule has 1 rings (SSSR count). The highest BCUT2D eigenvalue weighted by Gasteiger charge is 2.14. The van der Waals surface area contributed by atoms with Crippen LogP contribution in [0.1, 0.15) is 18.9 Å². The fourth-order valence-corrected chi connectivity index (χ4v) is 1.94. The lowest BCUT2D eigenvalue weighted by Gasteiger charge is -2.24. The molecular weight excluding hydrogens is 282 g/mol. The monoisotopic (exact) mass is 299 g/mol. The van der Waals surface area contributed by atoms with Gasteiger partial charge in [0.15, 0.2) is 0 Å². The second-order valence-corrected chi connectivity index (χ2v) is 4.99. The molecular formula is C13H18BrNO2. The van der Waals surface area contributed by atoms with E-state index < -0.39 is 0 Å². The van der Waals surface area contributed by atoms with Crippen molar-refractivity contribution in [3.05, 3.63) is 34.3 Å². The van der Waals surface area contributed by atoms with Crippen LogP contribution in [0.25, 0.3) is 0 Å². The number of carbonyl (C=O) groups is 1. The Morgan fingerprint density at radius 1 is 1.47 bits per heavy atom. The van der Waals surface area contributed by atoms with E-state index >= 15 is 0 Å². The summed E-state index contributed by atoms with van der Waals surface area (Å²) in [6.45, 7) is 2.83. The van der Waals surface area contributed by atoms with Crippen molar-refractivity contribution in [2.24, 2.45) is 0 Å². The molecule has 1 aromatic carbocycles. The minimum atomic E-state index is -0.170. The van der Waals surface area contributed by atoms with Gasteiger partial charge in [0.1, 0.15) is 0 Å². The summed E-state index contributed by atoms with van der Waals surface area (Å²) in [4.78, 5) is 13.3. The van der Waals surface area contributed by atoms with Gasteiger partial charge in [-0.25, -0.2) is 0 Å². The molecule has 4 heteroatoms. The van der Waals surface area contributed by atoms with Gasteiger partial charge >= 0.3 is 5.97 Å². The molecule has 17 heavy (non-hydrogen) atoms. The van der Waals surface area contributed by atoms with Crippen LogP contribution in [0.2, 0.25) is 0 Å². The third-order valence-corrected chi connectivity index (χ3v) is 3.59. The van der Waals surface area contributed by atoms with E-state index in [-0.39, 0.29) is 12.0 Å². The first-order valence-electron chi connectivity index (χ1n) is 5.55. The van der Waals surface area contributed by atoms with Gasteiger partial charge in [-0.15, -0.1) is 0 Å². The molecule has 1 atom stereocenters. The van der Waals surface area contributed by atoms with Gasteiger partial charge in [-0.05, 0) is 25.6 Å². The van der Waals surface area contributed by atoms with Crippen molar-refractivity contribution in [2.75, 3.05) is 14.2 Å². The molecule has 0 aliphatic rings. The van der Waals surface area contributed by atoms with Crippen LogP contribution in [0.4, 0.5) is 0 Å². The number of carbonyl (C=O) groups excluding carboxylic acids is 1. The summed E-state index contributed by atoms with van der Waals surface area (Å²) in [6, 6.07) is 8.26. The van der Waals surface area contributed by atoms with Crippen LogP contribution in [0.15, 0.2) is 28.7 Å². The molecule has 0 fully saturated rings. The molecule has 0 spiro atoms. The van der Waals surface area contributed by atoms with E-state index in [2.05, 4.69) is 31.6 Å². The van der Waals surface area contributed by atoms with E-state index in [1.54, 1.807) is 0 Å². The Kier molecular flexibility index (Phi) is 5.65. The smallest absolute Gasteiger partial charge is 0.307 e. The van der Waals surface area contributed by atoms with Gasteiger partial charge in [-0.3, -0.25) is 9.69 Å². The minimum Gasteiger partial charge on any atom is -0.469 e. The normalized spacial score (nSPS) is 12.5. The summed E-state index contributed by atoms with van der Waals surface area (Å²) in [6.07, 6.45) is 0.414. The van der Waals surface area contributed by atoms with E-state index in [9.17, 15) is 4.79 Å². The molecule has 0 aliphatic carbocycles. The molecule has 0 radical (unpaired) electrons. The van der Waals surface area contributed by atoms with Gasteiger partial charge in [0.05, 0.1) is 13.5 Å². The molecule has 1 aromatic rings. The Morgan fingerprint density at radius 2 is 2.12 bits per heavy atom. The van der Waals surface area contributed by atoms with Crippen LogP contribution in [0.5, 0.6) is 0 Å². The molecule has 0 heterocycles. The van der Waals surface area contributed by atoms with Crippen molar-refractivity contribution in [3.63, 3.8) is 0 Å². The zero-order valence-corrected chi connectivity index (χ0v) is 12.0. The standard InChI is InChI=1S/C13H18BrNO2/c1-10(8-13(16)17-3)15(2)9-11-6-4-5-7-12(11)14/h4-7,10H,8-9H2,1-3H3. The third-order valence-electron chi connectivity index (χ3n) is 2.82. The number of nitrogens with zero attached hydrogens (tertiary/aromatic N) is 1. The van der Waals surface area contributed by atoms with E-state index in [1.807, 2.05) is 32.2 Å². The molecule has 1 unspecified atom stereocenters. The Labute approximate surface area is 111 Å². The summed E-state index contributed by atoms with van der Waals surface area (Å²) >= 11 is 3.52. The second kappa shape index (κ2) is 6.77. The van der Waals surface area contributed by atoms with Gasteiger partial charge in [-0.1, -0.05) is 34.1 Å². The number of hydrogen-bond acceptors (Lipinski definition) is 3. The van der Waals surface area contributed by atoms with Crippen molar-refractivity contribution >= 4 is 21.9 Å². The van der Waals surface area contributed by atoms with Crippen LogP contribution in [-0.4, -0.2) is 31.1 Å². The molecule has 0 aromatic heterocycles. The molecule has 0 saturated heterocycles. The number of halogens is 1. The van der Waals surface area contributed by atoms with E-state index in [0.717, 1.165) is 11.0 Å². The number of hydrogen-bond donors (Lipinski definition) is 0. The van der Waals surface area contributed by atoms with Crippen LogP contribution >= 0.6 is 15.9 Å². The number of esters is 1. The first-order valence-corrected chi connectivity index (χ1v) is 6.34. The SMILES string of the molecule is COC(=O)CC(C)N(C)Cc1ccccc1Br. The first-order chi connectivity index (χ1) is 8.04. The van der Waals surface area contributed by atoms with Gasteiger partial charge < -0.3 is 4.74 Å². The Balaban J connectivity index is 2.57. The third kappa shape index (κ3) is 4.48. The summed E-state index contributed by atoms with van der Waals surface area (Å²) in [7, 11) is 3.43. The van der Waals surface area contributed by atoms with E-state index in [1.165, 1.54) is 12.7 Å². The first kappa shape index (κ1) is 14.2. The average molecular weight is 300 g/mol. The maximum atomic E-state index is 11.2. The quantitative estimate of drug-likeness (QED) is 0.783. The largest absolute Gasteiger partial charge is 0.469 e. The van der Waals surface area contributed by atoms with Gasteiger partial charge in [0.2, 0.25) is 0 Å². The average Bonchev–Trinajstić information content (AvgIpc) is 2.31. The zero-order valence-electron chi connectivity index (χ0n) is 10.4. The van der Waals surface area contributed by atoms with Crippen molar-refractivity contribution in [3.8, 4) is 0 Å². The zero-order chi connectivity index (χ0) is 12.8. The highest BCUT2D eigenvalue weighted by molar-refractivity contribution is 9.10. The fourth-order valence-electron chi connectivity index (χ4n) is 1.53. The van der Waals surface area contributed by atoms with Gasteiger partial charge in [0.25, 0.3) is 0 Å². The molecule has 0 N–H and O–H groups in total. The van der Waals surface area contributed by atoms with E-state index in [4.69, 9.17) is 0 Å². The van der Waals surface area contributed by atoms with Crippen LogP contribution < -0.4 is 0 Å². The summed E-state index contributed by atoms with van der Waals surface area (Å²) < 4.78 is 5.76. The van der Waals surface area contributed by atoms with E-state index in [0.29, 0.717) is 6.42 Å². The lowest BCUT2D eigenvalue weighted by Crippen LogP contribution is -2.31. The molecule has 94 valence electrons. The van der Waals surface area contributed by atoms with Gasteiger partial charge in [-0.2, -0.15) is 0 Å². The van der Waals surface area contributed by atoms with Crippen molar-refractivity contribution in [1.29, 1.82) is 0 Å². The summed E-state index contributed by atoms with van der Waals surface area (Å²) in [5.41, 5.74) is 1.21. The molecule has 0 amide bonds. The summed E-state index contributed by atoms with van der Waals surface area (Å²) in [5, 5.41) is 0. The lowest BCUT2D eigenvalue weighted by atomic mass is 10.1. The van der Waals surface area contributed by atoms with Crippen molar-refractivity contribution < 1.29 is 9.53 Å². The molecule has 3 nitrogen and oxygen atoms in total. The van der Waals surface area contributed by atoms with Crippen molar-refractivity contribution in [1.82, 2.24) is 4.90 Å². The van der Waals surface area contributed by atoms with Crippen LogP contribution in [-0.2, 0) is 16.1 Å². The maximum Gasteiger partial charge on any atom is 0.307 e. The molecule has 0 aliphatic heterocycles. The summed E-state index contributed by atoms with van der Waals surface area (Å²) in [5.74, 6) is -0.170. The Morgan fingerprint density at radius 3 is 2.71 bits per heavy atom. The Hall–Kier alpha value is -0.870. The number of rotatable bonds is 5. The highest BCUT2D eigenvalue weighted by Crippen LogP contribution is 2.18. The number of methoxy groups -OCH3 is 1. The maximum absolute atomic E-state index is 11.2. The highest BCUT2D eigenvalue weighted by atomic mass is 79.9. The topological polar surface area (TPSA) is 29.5 Å². The number of benzene rings is 1. The predicted molar refractivity (Wildman–Crippen MR) is 71.7 cm³/mol. The molecule has 0 bridgehead atoms.